The molecule has 8 nitrogen and oxygen atoms in total. The Hall–Kier alpha value is -2.52. The number of thioether (sulfide) groups is 1. The number of aliphatic hydroxyl groups excluding tert-OH is 1. The zero-order chi connectivity index (χ0) is 20.3. The largest absolute Gasteiger partial charge is 0.491 e. The van der Waals surface area contributed by atoms with Crippen molar-refractivity contribution in [2.75, 3.05) is 26.0 Å². The van der Waals surface area contributed by atoms with Gasteiger partial charge in [0, 0.05) is 12.8 Å². The number of hydrogen-bond acceptors (Lipinski definition) is 7. The lowest BCUT2D eigenvalue weighted by molar-refractivity contribution is -0.127. The van der Waals surface area contributed by atoms with Crippen LogP contribution in [-0.4, -0.2) is 76.3 Å². The summed E-state index contributed by atoms with van der Waals surface area (Å²) in [6.07, 6.45) is 0.279. The van der Waals surface area contributed by atoms with Gasteiger partial charge in [0.2, 0.25) is 0 Å². The Morgan fingerprint density at radius 3 is 2.89 bits per heavy atom. The van der Waals surface area contributed by atoms with Crippen molar-refractivity contribution in [3.8, 4) is 5.75 Å². The molecule has 150 valence electrons. The number of amidine groups is 1. The fraction of sp³-hybridized carbons (Fsp3) is 0.421. The number of imide groups is 1. The fourth-order valence-corrected chi connectivity index (χ4v) is 3.93. The van der Waals surface area contributed by atoms with Gasteiger partial charge < -0.3 is 19.6 Å². The number of para-hydroxylation sites is 1. The number of aliphatic hydroxyl groups is 1. The van der Waals surface area contributed by atoms with Gasteiger partial charge in [0.1, 0.15) is 18.5 Å². The molecule has 9 heteroatoms. The summed E-state index contributed by atoms with van der Waals surface area (Å²) in [5.74, 6) is 0.888. The van der Waals surface area contributed by atoms with Crippen molar-refractivity contribution in [3.05, 3.63) is 42.5 Å². The number of fused-ring (bicyclic) bond motifs is 1. The number of carbonyl (C=O) groups is 2. The zero-order valence-electron chi connectivity index (χ0n) is 15.9. The van der Waals surface area contributed by atoms with Crippen LogP contribution in [0, 0.1) is 6.92 Å². The Kier molecular flexibility index (Phi) is 6.25. The number of nitrogens with one attached hydrogen (secondary N) is 1. The van der Waals surface area contributed by atoms with Crippen LogP contribution in [0.1, 0.15) is 5.56 Å². The van der Waals surface area contributed by atoms with Crippen molar-refractivity contribution in [1.82, 2.24) is 15.1 Å². The maximum Gasteiger partial charge on any atom is 0.325 e. The second-order valence-electron chi connectivity index (χ2n) is 6.66. The van der Waals surface area contributed by atoms with Gasteiger partial charge >= 0.3 is 6.03 Å². The van der Waals surface area contributed by atoms with Gasteiger partial charge in [0.15, 0.2) is 17.4 Å². The number of ether oxygens (including phenoxy) is 1. The highest BCUT2D eigenvalue weighted by Gasteiger charge is 2.48. The number of carbonyl (C=O) groups excluding carboxylic acids is 2. The van der Waals surface area contributed by atoms with Crippen molar-refractivity contribution < 1.29 is 19.4 Å². The number of rotatable bonds is 7. The second kappa shape index (κ2) is 8.66. The summed E-state index contributed by atoms with van der Waals surface area (Å²) < 4.78 is 5.72. The molecule has 0 saturated carbocycles. The molecule has 1 saturated heterocycles. The van der Waals surface area contributed by atoms with Crippen LogP contribution >= 0.6 is 11.8 Å². The van der Waals surface area contributed by atoms with E-state index in [1.165, 1.54) is 16.7 Å². The van der Waals surface area contributed by atoms with E-state index in [1.54, 1.807) is 18.0 Å². The smallest absolute Gasteiger partial charge is 0.325 e. The lowest BCUT2D eigenvalue weighted by Gasteiger charge is -2.36. The Balaban J connectivity index is 1.71. The first-order chi connectivity index (χ1) is 13.4. The van der Waals surface area contributed by atoms with Gasteiger partial charge in [-0.3, -0.25) is 10.1 Å². The molecular formula is C19H24N4O4S. The summed E-state index contributed by atoms with van der Waals surface area (Å²) >= 11 is 1.41. The number of urea groups is 1. The molecule has 0 radical (unpaired) electrons. The minimum absolute atomic E-state index is 0.0779. The van der Waals surface area contributed by atoms with E-state index in [4.69, 9.17) is 4.74 Å². The molecule has 3 atom stereocenters. The highest BCUT2D eigenvalue weighted by atomic mass is 32.2. The predicted molar refractivity (Wildman–Crippen MR) is 108 cm³/mol. The first-order valence-electron chi connectivity index (χ1n) is 8.94. The molecule has 1 fully saturated rings. The third kappa shape index (κ3) is 4.15. The Bertz CT molecular complexity index is 800. The van der Waals surface area contributed by atoms with Gasteiger partial charge in [-0.15, -0.1) is 6.58 Å². The van der Waals surface area contributed by atoms with Gasteiger partial charge in [0.05, 0.1) is 6.54 Å². The first-order valence-corrected chi connectivity index (χ1v) is 9.93. The molecule has 2 heterocycles. The Morgan fingerprint density at radius 1 is 1.43 bits per heavy atom. The summed E-state index contributed by atoms with van der Waals surface area (Å²) in [6, 6.07) is 6.41. The van der Waals surface area contributed by atoms with Crippen molar-refractivity contribution in [1.29, 1.82) is 0 Å². The molecule has 0 spiro atoms. The average molecular weight is 404 g/mol. The number of amides is 3. The molecule has 0 aromatic heterocycles. The van der Waals surface area contributed by atoms with E-state index in [2.05, 4.69) is 16.9 Å². The highest BCUT2D eigenvalue weighted by molar-refractivity contribution is 8.13. The maximum atomic E-state index is 12.5. The number of β-amino-alcohol motifs (C(OH)–C–C–N with tert-alkyl or cyclic N) is 1. The first kappa shape index (κ1) is 20.2. The number of aryl methyl sites for hydroxylation is 1. The molecule has 1 aromatic carbocycles. The van der Waals surface area contributed by atoms with Crippen molar-refractivity contribution >= 4 is 28.9 Å². The van der Waals surface area contributed by atoms with Crippen LogP contribution in [0.15, 0.2) is 41.9 Å². The molecule has 3 amide bonds. The van der Waals surface area contributed by atoms with E-state index in [0.29, 0.717) is 16.7 Å². The summed E-state index contributed by atoms with van der Waals surface area (Å²) in [5.41, 5.74) is 0.978. The topological polar surface area (TPSA) is 94.5 Å². The molecule has 28 heavy (non-hydrogen) atoms. The SMILES string of the molecule is C=CCSC1=NC2C(C(=O)NC(=O)N2C)N1CC(O)COc1ccccc1C. The van der Waals surface area contributed by atoms with Gasteiger partial charge in [-0.05, 0) is 18.6 Å². The molecule has 3 rings (SSSR count). The minimum Gasteiger partial charge on any atom is -0.491 e. The summed E-state index contributed by atoms with van der Waals surface area (Å²) in [6.45, 7) is 5.87. The summed E-state index contributed by atoms with van der Waals surface area (Å²) in [4.78, 5) is 32.0. The van der Waals surface area contributed by atoms with Crippen LogP contribution in [-0.2, 0) is 4.79 Å². The number of hydrogen-bond donors (Lipinski definition) is 2. The third-order valence-corrected chi connectivity index (χ3v) is 5.59. The molecule has 0 aliphatic carbocycles. The summed E-state index contributed by atoms with van der Waals surface area (Å²) in [5, 5.41) is 13.5. The van der Waals surface area contributed by atoms with Gasteiger partial charge in [-0.25, -0.2) is 9.79 Å². The number of aliphatic imine (C=N–C) groups is 1. The lowest BCUT2D eigenvalue weighted by atomic mass is 10.1. The van der Waals surface area contributed by atoms with E-state index in [0.717, 1.165) is 5.56 Å². The molecule has 2 aliphatic heterocycles. The normalized spacial score (nSPS) is 22.5. The lowest BCUT2D eigenvalue weighted by Crippen LogP contribution is -2.64. The van der Waals surface area contributed by atoms with Crippen LogP contribution in [0.2, 0.25) is 0 Å². The van der Waals surface area contributed by atoms with Crippen LogP contribution < -0.4 is 10.1 Å². The molecule has 2 N–H and O–H groups in total. The Morgan fingerprint density at radius 2 is 2.18 bits per heavy atom. The zero-order valence-corrected chi connectivity index (χ0v) is 16.7. The monoisotopic (exact) mass is 404 g/mol. The molecule has 0 bridgehead atoms. The highest BCUT2D eigenvalue weighted by Crippen LogP contribution is 2.28. The third-order valence-electron chi connectivity index (χ3n) is 4.59. The van der Waals surface area contributed by atoms with Gasteiger partial charge in [0.25, 0.3) is 5.91 Å². The molecule has 1 aromatic rings. The maximum absolute atomic E-state index is 12.5. The number of nitrogens with zero attached hydrogens (tertiary/aromatic N) is 3. The molecule has 2 aliphatic rings. The molecular weight excluding hydrogens is 380 g/mol. The van der Waals surface area contributed by atoms with E-state index in [-0.39, 0.29) is 13.2 Å². The van der Waals surface area contributed by atoms with Crippen molar-refractivity contribution in [2.24, 2.45) is 4.99 Å². The second-order valence-corrected chi connectivity index (χ2v) is 7.64. The van der Waals surface area contributed by atoms with Crippen LogP contribution in [0.3, 0.4) is 0 Å². The van der Waals surface area contributed by atoms with E-state index >= 15 is 0 Å². The standard InChI is InChI=1S/C19H24N4O4S/c1-4-9-28-19-20-16-15(17(25)21-18(26)22(16)3)23(19)10-13(24)11-27-14-8-6-5-7-12(14)2/h4-8,13,15-16,24H,1,9-11H2,2-3H3,(H,21,25,26). The average Bonchev–Trinajstić information content (AvgIpc) is 3.02. The predicted octanol–water partition coefficient (Wildman–Crippen LogP) is 1.20. The van der Waals surface area contributed by atoms with E-state index < -0.39 is 30.2 Å². The minimum atomic E-state index is -0.844. The van der Waals surface area contributed by atoms with Crippen LogP contribution in [0.4, 0.5) is 4.79 Å². The van der Waals surface area contributed by atoms with Crippen LogP contribution in [0.25, 0.3) is 0 Å². The van der Waals surface area contributed by atoms with Crippen molar-refractivity contribution in [3.63, 3.8) is 0 Å². The summed E-state index contributed by atoms with van der Waals surface area (Å²) in [7, 11) is 1.60. The number of likely N-dealkylation sites (N-methyl/N-ethyl adjacent to an activating group) is 1. The van der Waals surface area contributed by atoms with Gasteiger partial charge in [-0.1, -0.05) is 36.0 Å². The van der Waals surface area contributed by atoms with E-state index in [1.807, 2.05) is 31.2 Å². The van der Waals surface area contributed by atoms with Gasteiger partial charge in [-0.2, -0.15) is 0 Å². The van der Waals surface area contributed by atoms with E-state index in [9.17, 15) is 14.7 Å². The fourth-order valence-electron chi connectivity index (χ4n) is 3.13. The number of benzene rings is 1. The Labute approximate surface area is 168 Å². The van der Waals surface area contributed by atoms with Crippen molar-refractivity contribution in [2.45, 2.75) is 25.2 Å². The molecule has 3 unspecified atom stereocenters. The quantitative estimate of drug-likeness (QED) is 0.664. The van der Waals surface area contributed by atoms with Crippen LogP contribution in [0.5, 0.6) is 5.75 Å².